The van der Waals surface area contributed by atoms with Crippen molar-refractivity contribution in [1.82, 2.24) is 0 Å². The monoisotopic (exact) mass is 355 g/mol. The quantitative estimate of drug-likeness (QED) is 0.843. The second-order valence-electron chi connectivity index (χ2n) is 6.57. The fraction of sp³-hybridized carbons (Fsp3) is 0.381. The first-order valence-corrected chi connectivity index (χ1v) is 9.05. The maximum atomic E-state index is 12.2. The molecule has 3 rings (SSSR count). The molecule has 5 heteroatoms. The summed E-state index contributed by atoms with van der Waals surface area (Å²) in [6.45, 7) is 5.30. The van der Waals surface area contributed by atoms with Gasteiger partial charge in [-0.1, -0.05) is 6.07 Å². The maximum Gasteiger partial charge on any atom is 0.224 e. The van der Waals surface area contributed by atoms with E-state index in [9.17, 15) is 4.79 Å². The molecule has 0 saturated heterocycles. The first-order valence-electron chi connectivity index (χ1n) is 9.05. The zero-order valence-corrected chi connectivity index (χ0v) is 15.3. The Balaban J connectivity index is 1.51. The van der Waals surface area contributed by atoms with Crippen molar-refractivity contribution in [2.45, 2.75) is 39.2 Å². The van der Waals surface area contributed by atoms with Gasteiger partial charge in [-0.3, -0.25) is 4.79 Å². The van der Waals surface area contributed by atoms with Gasteiger partial charge >= 0.3 is 0 Å². The van der Waals surface area contributed by atoms with E-state index >= 15 is 0 Å². The standard InChI is InChI=1S/C21H25NO4/c1-15(2)26-18-8-6-17(7-9-18)22-21(23)11-5-16-4-10-19-20(14-16)25-13-3-12-24-19/h4,6-10,14-15H,3,5,11-13H2,1-2H3,(H,22,23). The smallest absolute Gasteiger partial charge is 0.224 e. The highest BCUT2D eigenvalue weighted by atomic mass is 16.5. The molecule has 26 heavy (non-hydrogen) atoms. The summed E-state index contributed by atoms with van der Waals surface area (Å²) in [7, 11) is 0. The minimum Gasteiger partial charge on any atom is -0.491 e. The molecule has 2 aromatic rings. The number of aryl methyl sites for hydroxylation is 1. The molecule has 2 aromatic carbocycles. The minimum absolute atomic E-state index is 0.0189. The molecule has 0 spiro atoms. The summed E-state index contributed by atoms with van der Waals surface area (Å²) >= 11 is 0. The molecule has 0 saturated carbocycles. The van der Waals surface area contributed by atoms with Crippen LogP contribution in [-0.4, -0.2) is 25.2 Å². The van der Waals surface area contributed by atoms with Crippen LogP contribution in [0.1, 0.15) is 32.3 Å². The summed E-state index contributed by atoms with van der Waals surface area (Å²) in [6.07, 6.45) is 2.07. The molecule has 0 aliphatic carbocycles. The van der Waals surface area contributed by atoms with Crippen molar-refractivity contribution in [3.8, 4) is 17.2 Å². The minimum atomic E-state index is -0.0189. The van der Waals surface area contributed by atoms with E-state index in [2.05, 4.69) is 5.32 Å². The fourth-order valence-electron chi connectivity index (χ4n) is 2.73. The van der Waals surface area contributed by atoms with E-state index in [4.69, 9.17) is 14.2 Å². The molecule has 1 heterocycles. The molecule has 1 aliphatic heterocycles. The van der Waals surface area contributed by atoms with Crippen molar-refractivity contribution >= 4 is 11.6 Å². The van der Waals surface area contributed by atoms with Crippen molar-refractivity contribution in [3.63, 3.8) is 0 Å². The van der Waals surface area contributed by atoms with Gasteiger partial charge in [-0.2, -0.15) is 0 Å². The summed E-state index contributed by atoms with van der Waals surface area (Å²) in [5.74, 6) is 2.32. The van der Waals surface area contributed by atoms with Gasteiger partial charge in [0.15, 0.2) is 11.5 Å². The first kappa shape index (κ1) is 18.1. The lowest BCUT2D eigenvalue weighted by Crippen LogP contribution is -2.12. The SMILES string of the molecule is CC(C)Oc1ccc(NC(=O)CCc2ccc3c(c2)OCCCO3)cc1. The number of anilines is 1. The second kappa shape index (κ2) is 8.61. The van der Waals surface area contributed by atoms with Gasteiger partial charge in [0.2, 0.25) is 5.91 Å². The van der Waals surface area contributed by atoms with Gasteiger partial charge in [-0.25, -0.2) is 0 Å². The Hall–Kier alpha value is -2.69. The molecule has 1 aliphatic rings. The van der Waals surface area contributed by atoms with Gasteiger partial charge in [0.25, 0.3) is 0 Å². The zero-order chi connectivity index (χ0) is 18.4. The third-order valence-electron chi connectivity index (χ3n) is 3.96. The van der Waals surface area contributed by atoms with Gasteiger partial charge in [0, 0.05) is 18.5 Å². The third-order valence-corrected chi connectivity index (χ3v) is 3.96. The number of nitrogens with one attached hydrogen (secondary N) is 1. The molecule has 1 amide bonds. The summed E-state index contributed by atoms with van der Waals surface area (Å²) in [4.78, 5) is 12.2. The number of hydrogen-bond donors (Lipinski definition) is 1. The Morgan fingerprint density at radius 3 is 2.54 bits per heavy atom. The van der Waals surface area contributed by atoms with Crippen molar-refractivity contribution in [1.29, 1.82) is 0 Å². The number of ether oxygens (including phenoxy) is 3. The maximum absolute atomic E-state index is 12.2. The topological polar surface area (TPSA) is 56.8 Å². The summed E-state index contributed by atoms with van der Waals surface area (Å²) in [5.41, 5.74) is 1.83. The van der Waals surface area contributed by atoms with Crippen molar-refractivity contribution < 1.29 is 19.0 Å². The van der Waals surface area contributed by atoms with Crippen molar-refractivity contribution in [2.24, 2.45) is 0 Å². The predicted molar refractivity (Wildman–Crippen MR) is 101 cm³/mol. The largest absolute Gasteiger partial charge is 0.491 e. The lowest BCUT2D eigenvalue weighted by molar-refractivity contribution is -0.116. The van der Waals surface area contributed by atoms with E-state index in [1.165, 1.54) is 0 Å². The summed E-state index contributed by atoms with van der Waals surface area (Å²) < 4.78 is 16.9. The Morgan fingerprint density at radius 1 is 1.08 bits per heavy atom. The van der Waals surface area contributed by atoms with Crippen LogP contribution in [0.25, 0.3) is 0 Å². The van der Waals surface area contributed by atoms with Crippen LogP contribution >= 0.6 is 0 Å². The van der Waals surface area contributed by atoms with Gasteiger partial charge in [0.05, 0.1) is 19.3 Å². The fourth-order valence-corrected chi connectivity index (χ4v) is 2.73. The number of rotatable bonds is 6. The van der Waals surface area contributed by atoms with Crippen LogP contribution in [0, 0.1) is 0 Å². The predicted octanol–water partition coefficient (Wildman–Crippen LogP) is 4.21. The van der Waals surface area contributed by atoms with E-state index in [0.29, 0.717) is 26.1 Å². The van der Waals surface area contributed by atoms with Crippen LogP contribution < -0.4 is 19.5 Å². The lowest BCUT2D eigenvalue weighted by atomic mass is 10.1. The van der Waals surface area contributed by atoms with Crippen LogP contribution in [0.2, 0.25) is 0 Å². The Morgan fingerprint density at radius 2 is 1.81 bits per heavy atom. The molecule has 0 aromatic heterocycles. The number of fused-ring (bicyclic) bond motifs is 1. The number of benzene rings is 2. The van der Waals surface area contributed by atoms with Crippen molar-refractivity contribution in [2.75, 3.05) is 18.5 Å². The van der Waals surface area contributed by atoms with Gasteiger partial charge < -0.3 is 19.5 Å². The molecule has 0 bridgehead atoms. The van der Waals surface area contributed by atoms with Gasteiger partial charge in [0.1, 0.15) is 5.75 Å². The van der Waals surface area contributed by atoms with Crippen LogP contribution in [-0.2, 0) is 11.2 Å². The second-order valence-corrected chi connectivity index (χ2v) is 6.57. The highest BCUT2D eigenvalue weighted by molar-refractivity contribution is 5.90. The molecular formula is C21H25NO4. The molecular weight excluding hydrogens is 330 g/mol. The van der Waals surface area contributed by atoms with E-state index in [0.717, 1.165) is 34.9 Å². The van der Waals surface area contributed by atoms with Crippen LogP contribution in [0.5, 0.6) is 17.2 Å². The number of carbonyl (C=O) groups is 1. The zero-order valence-electron chi connectivity index (χ0n) is 15.3. The van der Waals surface area contributed by atoms with E-state index in [1.807, 2.05) is 56.3 Å². The molecule has 0 fully saturated rings. The highest BCUT2D eigenvalue weighted by Gasteiger charge is 2.11. The highest BCUT2D eigenvalue weighted by Crippen LogP contribution is 2.30. The molecule has 0 unspecified atom stereocenters. The lowest BCUT2D eigenvalue weighted by Gasteiger charge is -2.11. The number of hydrogen-bond acceptors (Lipinski definition) is 4. The Labute approximate surface area is 154 Å². The Bertz CT molecular complexity index is 740. The number of carbonyl (C=O) groups excluding carboxylic acids is 1. The van der Waals surface area contributed by atoms with Gasteiger partial charge in [-0.05, 0) is 62.2 Å². The van der Waals surface area contributed by atoms with Crippen LogP contribution in [0.4, 0.5) is 5.69 Å². The number of amides is 1. The van der Waals surface area contributed by atoms with E-state index < -0.39 is 0 Å². The molecule has 5 nitrogen and oxygen atoms in total. The summed E-state index contributed by atoms with van der Waals surface area (Å²) in [5, 5.41) is 2.91. The average molecular weight is 355 g/mol. The molecule has 138 valence electrons. The Kier molecular flexibility index (Phi) is 6.00. The first-order chi connectivity index (χ1) is 12.6. The normalized spacial score (nSPS) is 13.2. The van der Waals surface area contributed by atoms with Crippen LogP contribution in [0.15, 0.2) is 42.5 Å². The molecule has 0 radical (unpaired) electrons. The summed E-state index contributed by atoms with van der Waals surface area (Å²) in [6, 6.07) is 13.3. The van der Waals surface area contributed by atoms with Crippen LogP contribution in [0.3, 0.4) is 0 Å². The molecule has 1 N–H and O–H groups in total. The van der Waals surface area contributed by atoms with Gasteiger partial charge in [-0.15, -0.1) is 0 Å². The molecule has 0 atom stereocenters. The van der Waals surface area contributed by atoms with E-state index in [1.54, 1.807) is 0 Å². The van der Waals surface area contributed by atoms with Crippen molar-refractivity contribution in [3.05, 3.63) is 48.0 Å². The van der Waals surface area contributed by atoms with E-state index in [-0.39, 0.29) is 12.0 Å². The third kappa shape index (κ3) is 5.15. The average Bonchev–Trinajstić information content (AvgIpc) is 2.86.